The largest absolute Gasteiger partial charge is 0.268 e. The maximum atomic E-state index is 12.0. The zero-order chi connectivity index (χ0) is 15.5. The van der Waals surface area contributed by atoms with Crippen LogP contribution in [0, 0.1) is 6.92 Å². The molecule has 112 valence electrons. The van der Waals surface area contributed by atoms with Crippen LogP contribution in [0.15, 0.2) is 34.5 Å². The van der Waals surface area contributed by atoms with Gasteiger partial charge in [-0.3, -0.25) is 4.79 Å². The minimum absolute atomic E-state index is 0.347. The van der Waals surface area contributed by atoms with Crippen molar-refractivity contribution < 1.29 is 13.2 Å². The summed E-state index contributed by atoms with van der Waals surface area (Å²) < 4.78 is 24.3. The highest BCUT2D eigenvalue weighted by molar-refractivity contribution is 7.98. The number of nitrogens with one attached hydrogen (secondary N) is 1. The van der Waals surface area contributed by atoms with Gasteiger partial charge in [0.15, 0.2) is 0 Å². The van der Waals surface area contributed by atoms with E-state index in [2.05, 4.69) is 4.98 Å². The van der Waals surface area contributed by atoms with Crippen LogP contribution in [0.4, 0.5) is 0 Å². The second-order valence-corrected chi connectivity index (χ2v) is 8.17. The number of hydrogen-bond acceptors (Lipinski definition) is 6. The normalized spacial score (nSPS) is 11.3. The van der Waals surface area contributed by atoms with Crippen molar-refractivity contribution >= 4 is 39.0 Å². The SMILES string of the molecule is Cc1nc(CSc2ccccc2C(=O)NS(C)(=O)=O)cs1. The molecule has 0 atom stereocenters. The Balaban J connectivity index is 2.15. The lowest BCUT2D eigenvalue weighted by molar-refractivity contribution is 0.0979. The van der Waals surface area contributed by atoms with Gasteiger partial charge in [-0.05, 0) is 19.1 Å². The molecule has 0 fully saturated rings. The lowest BCUT2D eigenvalue weighted by Gasteiger charge is -2.08. The number of carbonyl (C=O) groups is 1. The summed E-state index contributed by atoms with van der Waals surface area (Å²) in [5, 5.41) is 2.97. The highest BCUT2D eigenvalue weighted by Crippen LogP contribution is 2.26. The van der Waals surface area contributed by atoms with Crippen molar-refractivity contribution in [3.8, 4) is 0 Å². The molecule has 1 N–H and O–H groups in total. The van der Waals surface area contributed by atoms with Gasteiger partial charge in [0, 0.05) is 16.0 Å². The van der Waals surface area contributed by atoms with E-state index in [1.165, 1.54) is 11.8 Å². The molecule has 0 spiro atoms. The molecule has 5 nitrogen and oxygen atoms in total. The van der Waals surface area contributed by atoms with Crippen LogP contribution < -0.4 is 4.72 Å². The lowest BCUT2D eigenvalue weighted by Crippen LogP contribution is -2.29. The molecule has 0 saturated carbocycles. The average Bonchev–Trinajstić information content (AvgIpc) is 2.80. The number of thiazole rings is 1. The zero-order valence-corrected chi connectivity index (χ0v) is 13.9. The number of hydrogen-bond donors (Lipinski definition) is 1. The summed E-state index contributed by atoms with van der Waals surface area (Å²) in [4.78, 5) is 17.1. The van der Waals surface area contributed by atoms with Crippen molar-refractivity contribution in [3.63, 3.8) is 0 Å². The van der Waals surface area contributed by atoms with E-state index in [0.717, 1.165) is 21.9 Å². The van der Waals surface area contributed by atoms with Crippen LogP contribution in [0.5, 0.6) is 0 Å². The van der Waals surface area contributed by atoms with Gasteiger partial charge in [0.1, 0.15) is 0 Å². The lowest BCUT2D eigenvalue weighted by atomic mass is 10.2. The van der Waals surface area contributed by atoms with Gasteiger partial charge >= 0.3 is 0 Å². The zero-order valence-electron chi connectivity index (χ0n) is 11.5. The Hall–Kier alpha value is -1.38. The number of nitrogens with zero attached hydrogens (tertiary/aromatic N) is 1. The molecular formula is C13H14N2O3S3. The van der Waals surface area contributed by atoms with E-state index in [0.29, 0.717) is 11.3 Å². The van der Waals surface area contributed by atoms with Gasteiger partial charge in [0.25, 0.3) is 5.91 Å². The molecule has 0 radical (unpaired) electrons. The maximum Gasteiger partial charge on any atom is 0.265 e. The Bertz CT molecular complexity index is 754. The molecule has 1 aromatic carbocycles. The van der Waals surface area contributed by atoms with Crippen molar-refractivity contribution in [1.29, 1.82) is 0 Å². The average molecular weight is 342 g/mol. The fourth-order valence-electron chi connectivity index (χ4n) is 1.63. The molecule has 0 unspecified atom stereocenters. The first-order valence-electron chi connectivity index (χ1n) is 6.00. The Morgan fingerprint density at radius 3 is 2.71 bits per heavy atom. The molecule has 21 heavy (non-hydrogen) atoms. The summed E-state index contributed by atoms with van der Waals surface area (Å²) in [5.41, 5.74) is 1.29. The quantitative estimate of drug-likeness (QED) is 0.845. The van der Waals surface area contributed by atoms with Crippen LogP contribution in [0.1, 0.15) is 21.1 Å². The number of benzene rings is 1. The molecule has 1 aromatic heterocycles. The van der Waals surface area contributed by atoms with Gasteiger partial charge in [-0.15, -0.1) is 23.1 Å². The molecule has 1 heterocycles. The maximum absolute atomic E-state index is 12.0. The van der Waals surface area contributed by atoms with Crippen LogP contribution in [0.25, 0.3) is 0 Å². The first-order valence-corrected chi connectivity index (χ1v) is 9.76. The predicted molar refractivity (Wildman–Crippen MR) is 85.2 cm³/mol. The molecular weight excluding hydrogens is 328 g/mol. The Morgan fingerprint density at radius 1 is 1.38 bits per heavy atom. The highest BCUT2D eigenvalue weighted by Gasteiger charge is 2.15. The first-order chi connectivity index (χ1) is 9.85. The number of carbonyl (C=O) groups excluding carboxylic acids is 1. The van der Waals surface area contributed by atoms with Crippen molar-refractivity contribution in [2.45, 2.75) is 17.6 Å². The Kier molecular flexibility index (Phi) is 5.02. The molecule has 2 aromatic rings. The molecule has 2 rings (SSSR count). The van der Waals surface area contributed by atoms with Gasteiger partial charge in [-0.2, -0.15) is 0 Å². The summed E-state index contributed by atoms with van der Waals surface area (Å²) in [6, 6.07) is 6.91. The third-order valence-electron chi connectivity index (χ3n) is 2.45. The first kappa shape index (κ1) is 16.0. The van der Waals surface area contributed by atoms with E-state index < -0.39 is 15.9 Å². The predicted octanol–water partition coefficient (Wildman–Crippen LogP) is 2.43. The number of aromatic nitrogens is 1. The fourth-order valence-corrected chi connectivity index (χ4v) is 3.74. The van der Waals surface area contributed by atoms with E-state index in [1.54, 1.807) is 29.5 Å². The van der Waals surface area contributed by atoms with E-state index in [1.807, 2.05) is 23.1 Å². The van der Waals surface area contributed by atoms with Gasteiger partial charge in [-0.25, -0.2) is 18.1 Å². The topological polar surface area (TPSA) is 76.1 Å². The van der Waals surface area contributed by atoms with Gasteiger partial charge in [0.2, 0.25) is 10.0 Å². The minimum atomic E-state index is -3.57. The van der Waals surface area contributed by atoms with Gasteiger partial charge < -0.3 is 0 Å². The Labute approximate surface area is 131 Å². The molecule has 8 heteroatoms. The van der Waals surface area contributed by atoms with Crippen molar-refractivity contribution in [2.24, 2.45) is 0 Å². The third kappa shape index (κ3) is 4.83. The van der Waals surface area contributed by atoms with Crippen LogP contribution >= 0.6 is 23.1 Å². The number of sulfonamides is 1. The summed E-state index contributed by atoms with van der Waals surface area (Å²) in [5.74, 6) is 0.0168. The van der Waals surface area contributed by atoms with Gasteiger partial charge in [-0.1, -0.05) is 12.1 Å². The summed E-state index contributed by atoms with van der Waals surface area (Å²) >= 11 is 3.03. The third-order valence-corrected chi connectivity index (χ3v) is 4.94. The number of rotatable bonds is 5. The molecule has 0 saturated heterocycles. The number of aryl methyl sites for hydroxylation is 1. The standard InChI is InChI=1S/C13H14N2O3S3/c1-9-14-10(7-19-9)8-20-12-6-4-3-5-11(12)13(16)15-21(2,17)18/h3-7H,8H2,1-2H3,(H,15,16). The highest BCUT2D eigenvalue weighted by atomic mass is 32.2. The molecule has 0 aliphatic carbocycles. The minimum Gasteiger partial charge on any atom is -0.268 e. The van der Waals surface area contributed by atoms with Crippen molar-refractivity contribution in [2.75, 3.05) is 6.26 Å². The van der Waals surface area contributed by atoms with E-state index in [4.69, 9.17) is 0 Å². The molecule has 0 aliphatic rings. The summed E-state index contributed by atoms with van der Waals surface area (Å²) in [7, 11) is -3.57. The second kappa shape index (κ2) is 6.59. The van der Waals surface area contributed by atoms with Crippen molar-refractivity contribution in [3.05, 3.63) is 45.9 Å². The van der Waals surface area contributed by atoms with Crippen LogP contribution in [-0.2, 0) is 15.8 Å². The smallest absolute Gasteiger partial charge is 0.265 e. The summed E-state index contributed by atoms with van der Waals surface area (Å²) in [6.45, 7) is 1.94. The van der Waals surface area contributed by atoms with Crippen LogP contribution in [-0.4, -0.2) is 25.6 Å². The summed E-state index contributed by atoms with van der Waals surface area (Å²) in [6.07, 6.45) is 0.957. The Morgan fingerprint density at radius 2 is 2.10 bits per heavy atom. The van der Waals surface area contributed by atoms with Crippen LogP contribution in [0.2, 0.25) is 0 Å². The molecule has 0 bridgehead atoms. The van der Waals surface area contributed by atoms with Crippen molar-refractivity contribution in [1.82, 2.24) is 9.71 Å². The fraction of sp³-hybridized carbons (Fsp3) is 0.231. The van der Waals surface area contributed by atoms with Gasteiger partial charge in [0.05, 0.1) is 22.5 Å². The monoisotopic (exact) mass is 342 g/mol. The van der Waals surface area contributed by atoms with E-state index in [9.17, 15) is 13.2 Å². The van der Waals surface area contributed by atoms with E-state index >= 15 is 0 Å². The molecule has 0 aliphatic heterocycles. The number of amides is 1. The molecule has 1 amide bonds. The second-order valence-electron chi connectivity index (χ2n) is 4.35. The van der Waals surface area contributed by atoms with E-state index in [-0.39, 0.29) is 0 Å². The number of thioether (sulfide) groups is 1. The van der Waals surface area contributed by atoms with Crippen LogP contribution in [0.3, 0.4) is 0 Å².